The third kappa shape index (κ3) is 4.88. The molecule has 0 atom stereocenters. The lowest BCUT2D eigenvalue weighted by Gasteiger charge is -2.05. The molecule has 0 aromatic heterocycles. The Bertz CT molecular complexity index is 815. The van der Waals surface area contributed by atoms with Gasteiger partial charge >= 0.3 is 0 Å². The lowest BCUT2D eigenvalue weighted by atomic mass is 10.2. The molecule has 0 unspecified atom stereocenters. The number of phenols is 1. The number of ether oxygens (including phenoxy) is 1. The molecule has 0 spiro atoms. The number of carbonyl (C=O) groups excluding carboxylic acids is 1. The van der Waals surface area contributed by atoms with E-state index in [2.05, 4.69) is 10.5 Å². The molecule has 24 heavy (non-hydrogen) atoms. The predicted molar refractivity (Wildman–Crippen MR) is 90.5 cm³/mol. The summed E-state index contributed by atoms with van der Waals surface area (Å²) in [7, 11) is 0. The van der Waals surface area contributed by atoms with Crippen LogP contribution in [-0.2, 0) is 4.79 Å². The maximum Gasteiger partial charge on any atom is 0.277 e. The maximum atomic E-state index is 11.6. The predicted octanol–water partition coefficient (Wildman–Crippen LogP) is 3.10. The maximum absolute atomic E-state index is 11.6. The van der Waals surface area contributed by atoms with Crippen LogP contribution in [0.1, 0.15) is 11.1 Å². The molecule has 122 valence electrons. The fourth-order valence-corrected chi connectivity index (χ4v) is 2.17. The summed E-state index contributed by atoms with van der Waals surface area (Å²) >= 11 is 11.6. The molecular weight excluding hydrogens is 353 g/mol. The Kier molecular flexibility index (Phi) is 6.01. The highest BCUT2D eigenvalue weighted by atomic mass is 35.5. The van der Waals surface area contributed by atoms with Gasteiger partial charge in [-0.2, -0.15) is 10.4 Å². The SMILES string of the molecule is N#Cc1ccc(OCC(=O)N/N=C/c2cc(Cl)cc(Cl)c2O)cc1. The average Bonchev–Trinajstić information content (AvgIpc) is 2.57. The number of nitrogens with one attached hydrogen (secondary N) is 1. The van der Waals surface area contributed by atoms with Gasteiger partial charge in [0.1, 0.15) is 11.5 Å². The number of nitriles is 1. The van der Waals surface area contributed by atoms with Crippen molar-refractivity contribution in [3.8, 4) is 17.6 Å². The van der Waals surface area contributed by atoms with Crippen molar-refractivity contribution in [1.82, 2.24) is 5.43 Å². The number of nitrogens with zero attached hydrogens (tertiary/aromatic N) is 2. The third-order valence-corrected chi connectivity index (χ3v) is 3.31. The molecular formula is C16H11Cl2N3O3. The molecule has 2 aromatic carbocycles. The van der Waals surface area contributed by atoms with Crippen LogP contribution in [0.15, 0.2) is 41.5 Å². The van der Waals surface area contributed by atoms with Gasteiger partial charge in [0, 0.05) is 10.6 Å². The highest BCUT2D eigenvalue weighted by Crippen LogP contribution is 2.29. The molecule has 2 aromatic rings. The van der Waals surface area contributed by atoms with E-state index in [1.165, 1.54) is 18.3 Å². The van der Waals surface area contributed by atoms with Crippen molar-refractivity contribution >= 4 is 35.3 Å². The summed E-state index contributed by atoms with van der Waals surface area (Å²) in [4.78, 5) is 11.6. The molecule has 2 rings (SSSR count). The number of hydrogen-bond donors (Lipinski definition) is 2. The van der Waals surface area contributed by atoms with Gasteiger partial charge in [-0.3, -0.25) is 4.79 Å². The normalized spacial score (nSPS) is 10.4. The van der Waals surface area contributed by atoms with E-state index in [0.717, 1.165) is 0 Å². The van der Waals surface area contributed by atoms with Crippen LogP contribution in [0, 0.1) is 11.3 Å². The number of halogens is 2. The smallest absolute Gasteiger partial charge is 0.277 e. The van der Waals surface area contributed by atoms with Crippen LogP contribution in [0.25, 0.3) is 0 Å². The van der Waals surface area contributed by atoms with E-state index >= 15 is 0 Å². The Morgan fingerprint density at radius 3 is 2.71 bits per heavy atom. The van der Waals surface area contributed by atoms with E-state index in [-0.39, 0.29) is 22.9 Å². The second-order valence-electron chi connectivity index (χ2n) is 4.54. The van der Waals surface area contributed by atoms with Crippen molar-refractivity contribution in [3.63, 3.8) is 0 Å². The average molecular weight is 364 g/mol. The van der Waals surface area contributed by atoms with Gasteiger partial charge in [0.15, 0.2) is 6.61 Å². The molecule has 0 aliphatic rings. The third-order valence-electron chi connectivity index (χ3n) is 2.80. The number of hydrogen-bond acceptors (Lipinski definition) is 5. The minimum Gasteiger partial charge on any atom is -0.506 e. The Hall–Kier alpha value is -2.75. The zero-order chi connectivity index (χ0) is 17.5. The van der Waals surface area contributed by atoms with Gasteiger partial charge in [-0.25, -0.2) is 5.43 Å². The van der Waals surface area contributed by atoms with Gasteiger partial charge < -0.3 is 9.84 Å². The van der Waals surface area contributed by atoms with E-state index in [9.17, 15) is 9.90 Å². The fourth-order valence-electron chi connectivity index (χ4n) is 1.66. The quantitative estimate of drug-likeness (QED) is 0.630. The summed E-state index contributed by atoms with van der Waals surface area (Å²) in [5.41, 5.74) is 3.01. The van der Waals surface area contributed by atoms with Gasteiger partial charge in [0.05, 0.1) is 22.9 Å². The minimum absolute atomic E-state index is 0.0828. The molecule has 6 nitrogen and oxygen atoms in total. The summed E-state index contributed by atoms with van der Waals surface area (Å²) in [6, 6.07) is 11.2. The number of aromatic hydroxyl groups is 1. The number of carbonyl (C=O) groups is 1. The lowest BCUT2D eigenvalue weighted by Crippen LogP contribution is -2.24. The highest BCUT2D eigenvalue weighted by molar-refractivity contribution is 6.36. The zero-order valence-corrected chi connectivity index (χ0v) is 13.7. The second-order valence-corrected chi connectivity index (χ2v) is 5.39. The number of rotatable bonds is 5. The van der Waals surface area contributed by atoms with Crippen molar-refractivity contribution in [2.45, 2.75) is 0 Å². The van der Waals surface area contributed by atoms with Crippen LogP contribution < -0.4 is 10.2 Å². The molecule has 2 N–H and O–H groups in total. The zero-order valence-electron chi connectivity index (χ0n) is 12.2. The largest absolute Gasteiger partial charge is 0.506 e. The molecule has 1 amide bonds. The Morgan fingerprint density at radius 2 is 2.04 bits per heavy atom. The highest BCUT2D eigenvalue weighted by Gasteiger charge is 2.06. The van der Waals surface area contributed by atoms with Gasteiger partial charge in [0.2, 0.25) is 0 Å². The summed E-state index contributed by atoms with van der Waals surface area (Å²) in [5.74, 6) is -0.233. The summed E-state index contributed by atoms with van der Waals surface area (Å²) in [6.45, 7) is -0.258. The first-order valence-electron chi connectivity index (χ1n) is 6.62. The first-order chi connectivity index (χ1) is 11.5. The van der Waals surface area contributed by atoms with Crippen molar-refractivity contribution in [3.05, 3.63) is 57.6 Å². The van der Waals surface area contributed by atoms with Crippen LogP contribution in [-0.4, -0.2) is 23.8 Å². The molecule has 0 fully saturated rings. The summed E-state index contributed by atoms with van der Waals surface area (Å²) in [5, 5.41) is 22.5. The minimum atomic E-state index is -0.497. The Balaban J connectivity index is 1.88. The van der Waals surface area contributed by atoms with E-state index in [4.69, 9.17) is 33.2 Å². The molecule has 0 aliphatic carbocycles. The van der Waals surface area contributed by atoms with Gasteiger partial charge in [-0.1, -0.05) is 23.2 Å². The Labute approximate surface area is 147 Å². The molecule has 0 saturated heterocycles. The van der Waals surface area contributed by atoms with E-state index in [1.807, 2.05) is 6.07 Å². The molecule has 0 heterocycles. The van der Waals surface area contributed by atoms with Gasteiger partial charge in [0.25, 0.3) is 5.91 Å². The Morgan fingerprint density at radius 1 is 1.33 bits per heavy atom. The van der Waals surface area contributed by atoms with Crippen LogP contribution in [0.2, 0.25) is 10.0 Å². The van der Waals surface area contributed by atoms with Crippen molar-refractivity contribution in [1.29, 1.82) is 5.26 Å². The number of amides is 1. The monoisotopic (exact) mass is 363 g/mol. The molecule has 0 bridgehead atoms. The lowest BCUT2D eigenvalue weighted by molar-refractivity contribution is -0.123. The van der Waals surface area contributed by atoms with Crippen molar-refractivity contribution in [2.75, 3.05) is 6.61 Å². The van der Waals surface area contributed by atoms with E-state index in [0.29, 0.717) is 16.3 Å². The molecule has 0 aliphatic heterocycles. The van der Waals surface area contributed by atoms with Gasteiger partial charge in [-0.15, -0.1) is 0 Å². The topological polar surface area (TPSA) is 94.7 Å². The summed E-state index contributed by atoms with van der Waals surface area (Å²) in [6.07, 6.45) is 1.21. The summed E-state index contributed by atoms with van der Waals surface area (Å²) < 4.78 is 5.25. The van der Waals surface area contributed by atoms with Crippen LogP contribution in [0.5, 0.6) is 11.5 Å². The number of hydrazone groups is 1. The number of phenolic OH excluding ortho intramolecular Hbond substituents is 1. The van der Waals surface area contributed by atoms with Gasteiger partial charge in [-0.05, 0) is 36.4 Å². The van der Waals surface area contributed by atoms with Crippen LogP contribution >= 0.6 is 23.2 Å². The van der Waals surface area contributed by atoms with Crippen molar-refractivity contribution < 1.29 is 14.6 Å². The van der Waals surface area contributed by atoms with E-state index < -0.39 is 5.91 Å². The number of benzene rings is 2. The fraction of sp³-hybridized carbons (Fsp3) is 0.0625. The molecule has 0 saturated carbocycles. The van der Waals surface area contributed by atoms with Crippen molar-refractivity contribution in [2.24, 2.45) is 5.10 Å². The van der Waals surface area contributed by atoms with E-state index in [1.54, 1.807) is 24.3 Å². The first kappa shape index (κ1) is 17.6. The van der Waals surface area contributed by atoms with Crippen LogP contribution in [0.3, 0.4) is 0 Å². The molecule has 8 heteroatoms. The first-order valence-corrected chi connectivity index (χ1v) is 7.38. The standard InChI is InChI=1S/C16H11Cl2N3O3/c17-12-5-11(16(23)14(18)6-12)8-20-21-15(22)9-24-13-3-1-10(7-19)2-4-13/h1-6,8,23H,9H2,(H,21,22)/b20-8+. The molecule has 0 radical (unpaired) electrons. The van der Waals surface area contributed by atoms with Crippen LogP contribution in [0.4, 0.5) is 0 Å². The second kappa shape index (κ2) is 8.20.